The van der Waals surface area contributed by atoms with E-state index in [0.29, 0.717) is 26.2 Å². The minimum Gasteiger partial charge on any atom is -0.508 e. The van der Waals surface area contributed by atoms with Crippen LogP contribution in [0.15, 0.2) is 121 Å². The van der Waals surface area contributed by atoms with Crippen LogP contribution in [0.5, 0.6) is 11.5 Å². The number of benzene rings is 5. The first kappa shape index (κ1) is 27.1. The maximum atomic E-state index is 10.3. The van der Waals surface area contributed by atoms with Gasteiger partial charge in [0.25, 0.3) is 0 Å². The zero-order valence-corrected chi connectivity index (χ0v) is 24.1. The van der Waals surface area contributed by atoms with Gasteiger partial charge < -0.3 is 30.0 Å². The highest BCUT2D eigenvalue weighted by Crippen LogP contribution is 2.26. The number of fused-ring (bicyclic) bond motifs is 2. The minimum atomic E-state index is 0.261. The third kappa shape index (κ3) is 5.53. The Bertz CT molecular complexity index is 1930. The summed E-state index contributed by atoms with van der Waals surface area (Å²) in [5, 5.41) is 27.4. The molecule has 44 heavy (non-hydrogen) atoms. The van der Waals surface area contributed by atoms with Gasteiger partial charge in [-0.05, 0) is 47.5 Å². The molecule has 0 spiro atoms. The molecule has 0 aliphatic carbocycles. The van der Waals surface area contributed by atoms with E-state index in [2.05, 4.69) is 56.2 Å². The van der Waals surface area contributed by atoms with Crippen LogP contribution in [-0.2, 0) is 26.2 Å². The van der Waals surface area contributed by atoms with E-state index in [4.69, 9.17) is 9.97 Å². The molecule has 7 aromatic rings. The molecule has 0 saturated heterocycles. The first-order chi connectivity index (χ1) is 21.6. The second kappa shape index (κ2) is 11.9. The number of imidazole rings is 2. The van der Waals surface area contributed by atoms with Crippen LogP contribution >= 0.6 is 0 Å². The third-order valence-corrected chi connectivity index (χ3v) is 7.84. The molecular weight excluding hydrogens is 548 g/mol. The molecule has 0 fully saturated rings. The second-order valence-corrected chi connectivity index (χ2v) is 10.8. The van der Waals surface area contributed by atoms with Crippen LogP contribution in [0, 0.1) is 0 Å². The number of phenolic OH excluding ortho intramolecular Hbond substituents is 2. The fourth-order valence-corrected chi connectivity index (χ4v) is 5.60. The summed E-state index contributed by atoms with van der Waals surface area (Å²) in [7, 11) is 0. The van der Waals surface area contributed by atoms with Gasteiger partial charge >= 0.3 is 0 Å². The molecule has 8 nitrogen and oxygen atoms in total. The van der Waals surface area contributed by atoms with Crippen molar-refractivity contribution in [1.29, 1.82) is 0 Å². The van der Waals surface area contributed by atoms with Crippen LogP contribution in [0.1, 0.15) is 22.3 Å². The van der Waals surface area contributed by atoms with Crippen molar-refractivity contribution in [1.82, 2.24) is 19.1 Å². The van der Waals surface area contributed by atoms with E-state index in [9.17, 15) is 10.2 Å². The van der Waals surface area contributed by atoms with Gasteiger partial charge in [-0.25, -0.2) is 9.97 Å². The topological polar surface area (TPSA) is 100 Å². The highest BCUT2D eigenvalue weighted by molar-refractivity contribution is 5.79. The lowest BCUT2D eigenvalue weighted by Crippen LogP contribution is -2.10. The predicted molar refractivity (Wildman–Crippen MR) is 175 cm³/mol. The van der Waals surface area contributed by atoms with E-state index in [1.54, 1.807) is 12.1 Å². The zero-order valence-electron chi connectivity index (χ0n) is 24.1. The summed E-state index contributed by atoms with van der Waals surface area (Å²) in [5.74, 6) is 2.01. The summed E-state index contributed by atoms with van der Waals surface area (Å²) in [6.07, 6.45) is 0. The van der Waals surface area contributed by atoms with Crippen LogP contribution in [0.2, 0.25) is 0 Å². The number of phenols is 2. The number of hydrogen-bond acceptors (Lipinski definition) is 6. The molecular formula is C36H32N6O2. The van der Waals surface area contributed by atoms with Crippen molar-refractivity contribution >= 4 is 34.0 Å². The van der Waals surface area contributed by atoms with E-state index in [1.165, 1.54) is 0 Å². The monoisotopic (exact) mass is 580 g/mol. The molecule has 0 saturated carbocycles. The predicted octanol–water partition coefficient (Wildman–Crippen LogP) is 7.12. The first-order valence-electron chi connectivity index (χ1n) is 14.6. The summed E-state index contributed by atoms with van der Waals surface area (Å²) in [6, 6.07) is 39.5. The summed E-state index contributed by atoms with van der Waals surface area (Å²) >= 11 is 0. The number of nitrogens with zero attached hydrogens (tertiary/aromatic N) is 4. The van der Waals surface area contributed by atoms with Crippen LogP contribution in [0.4, 0.5) is 11.9 Å². The molecule has 0 bridgehead atoms. The number of hydrogen-bond donors (Lipinski definition) is 4. The van der Waals surface area contributed by atoms with Gasteiger partial charge in [0.15, 0.2) is 0 Å². The molecule has 5 aromatic carbocycles. The molecule has 0 amide bonds. The molecule has 0 radical (unpaired) electrons. The molecule has 0 unspecified atom stereocenters. The molecule has 0 atom stereocenters. The van der Waals surface area contributed by atoms with Gasteiger partial charge in [-0.2, -0.15) is 0 Å². The van der Waals surface area contributed by atoms with Crippen LogP contribution in [0.3, 0.4) is 0 Å². The smallest absolute Gasteiger partial charge is 0.204 e. The van der Waals surface area contributed by atoms with Gasteiger partial charge in [-0.15, -0.1) is 0 Å². The number of rotatable bonds is 10. The minimum absolute atomic E-state index is 0.261. The fraction of sp³-hybridized carbons (Fsp3) is 0.111. The van der Waals surface area contributed by atoms with E-state index in [1.807, 2.05) is 72.8 Å². The second-order valence-electron chi connectivity index (χ2n) is 10.8. The number of para-hydroxylation sites is 6. The largest absolute Gasteiger partial charge is 0.508 e. The first-order valence-corrected chi connectivity index (χ1v) is 14.6. The van der Waals surface area contributed by atoms with Crippen molar-refractivity contribution in [3.05, 3.63) is 144 Å². The average molecular weight is 581 g/mol. The Balaban J connectivity index is 1.17. The molecule has 218 valence electrons. The number of anilines is 2. The van der Waals surface area contributed by atoms with Crippen molar-refractivity contribution in [2.24, 2.45) is 0 Å². The summed E-state index contributed by atoms with van der Waals surface area (Å²) in [4.78, 5) is 9.73. The molecule has 4 N–H and O–H groups in total. The maximum absolute atomic E-state index is 10.3. The van der Waals surface area contributed by atoms with E-state index in [-0.39, 0.29) is 11.5 Å². The number of aromatic hydroxyl groups is 2. The fourth-order valence-electron chi connectivity index (χ4n) is 5.60. The highest BCUT2D eigenvalue weighted by atomic mass is 16.3. The van der Waals surface area contributed by atoms with Gasteiger partial charge in [0, 0.05) is 24.2 Å². The van der Waals surface area contributed by atoms with E-state index < -0.39 is 0 Å². The molecule has 7 rings (SSSR count). The SMILES string of the molecule is Oc1ccccc1CNc1nc2ccccc2n1Cc1cccc(Cn2c(NCc3ccccc3O)nc3ccccc32)c1. The standard InChI is InChI=1S/C36H32N6O2/c43-33-18-7-1-12-27(33)21-37-35-39-29-14-3-5-16-31(29)41(35)23-25-10-9-11-26(20-25)24-42-32-17-6-4-15-30(32)40-36(42)38-22-28-13-2-8-19-34(28)44/h1-20,43-44H,21-24H2,(H,37,39)(H,38,40). The lowest BCUT2D eigenvalue weighted by molar-refractivity contribution is 0.468. The van der Waals surface area contributed by atoms with E-state index >= 15 is 0 Å². The molecule has 8 heteroatoms. The lowest BCUT2D eigenvalue weighted by Gasteiger charge is -2.14. The molecule has 2 heterocycles. The number of nitrogens with one attached hydrogen (secondary N) is 2. The van der Waals surface area contributed by atoms with Gasteiger partial charge in [-0.1, -0.05) is 84.9 Å². The Labute approximate surface area is 254 Å². The summed E-state index contributed by atoms with van der Waals surface area (Å²) in [5.41, 5.74) is 7.80. The van der Waals surface area contributed by atoms with Gasteiger partial charge in [0.05, 0.1) is 35.2 Å². The van der Waals surface area contributed by atoms with Crippen LogP contribution < -0.4 is 10.6 Å². The highest BCUT2D eigenvalue weighted by Gasteiger charge is 2.14. The molecule has 0 aliphatic heterocycles. The zero-order chi connectivity index (χ0) is 29.9. The Morgan fingerprint density at radius 1 is 0.500 bits per heavy atom. The van der Waals surface area contributed by atoms with Gasteiger partial charge in [0.1, 0.15) is 11.5 Å². The van der Waals surface area contributed by atoms with Crippen LogP contribution in [-0.4, -0.2) is 29.3 Å². The van der Waals surface area contributed by atoms with E-state index in [0.717, 1.165) is 56.2 Å². The van der Waals surface area contributed by atoms with Crippen molar-refractivity contribution in [3.8, 4) is 11.5 Å². The Morgan fingerprint density at radius 2 is 0.932 bits per heavy atom. The van der Waals surface area contributed by atoms with Crippen LogP contribution in [0.25, 0.3) is 22.1 Å². The van der Waals surface area contributed by atoms with Gasteiger partial charge in [-0.3, -0.25) is 0 Å². The maximum Gasteiger partial charge on any atom is 0.204 e. The molecule has 2 aromatic heterocycles. The quantitative estimate of drug-likeness (QED) is 0.138. The van der Waals surface area contributed by atoms with Crippen molar-refractivity contribution in [2.45, 2.75) is 26.2 Å². The van der Waals surface area contributed by atoms with Crippen molar-refractivity contribution in [2.75, 3.05) is 10.6 Å². The Hall–Kier alpha value is -5.76. The lowest BCUT2D eigenvalue weighted by atomic mass is 10.1. The Kier molecular flexibility index (Phi) is 7.30. The van der Waals surface area contributed by atoms with Crippen molar-refractivity contribution < 1.29 is 10.2 Å². The Morgan fingerprint density at radius 3 is 1.41 bits per heavy atom. The summed E-state index contributed by atoms with van der Waals surface area (Å²) < 4.78 is 4.36. The van der Waals surface area contributed by atoms with Gasteiger partial charge in [0.2, 0.25) is 11.9 Å². The average Bonchev–Trinajstić information content (AvgIpc) is 3.58. The van der Waals surface area contributed by atoms with Crippen molar-refractivity contribution in [3.63, 3.8) is 0 Å². The number of aromatic nitrogens is 4. The third-order valence-electron chi connectivity index (χ3n) is 7.84. The molecule has 0 aliphatic rings. The normalized spacial score (nSPS) is 11.3. The summed E-state index contributed by atoms with van der Waals surface area (Å²) in [6.45, 7) is 2.17.